The number of carbonyl (C=O) groups is 4. The molecule has 1 fully saturated rings. The number of amides is 2. The van der Waals surface area contributed by atoms with E-state index >= 15 is 0 Å². The molecule has 0 unspecified atom stereocenters. The maximum Gasteiger partial charge on any atom is 0.238 e. The molecule has 7 nitrogen and oxygen atoms in total. The second-order valence-electron chi connectivity index (χ2n) is 9.81. The van der Waals surface area contributed by atoms with Gasteiger partial charge in [0.1, 0.15) is 11.5 Å². The van der Waals surface area contributed by atoms with Crippen LogP contribution in [0.2, 0.25) is 5.02 Å². The number of imide groups is 1. The van der Waals surface area contributed by atoms with Crippen LogP contribution in [0.4, 0.5) is 5.69 Å². The summed E-state index contributed by atoms with van der Waals surface area (Å²) in [7, 11) is 1.48. The molecule has 1 heterocycles. The second-order valence-corrected chi connectivity index (χ2v) is 11.1. The number of aromatic hydroxyl groups is 1. The average Bonchev–Trinajstić information content (AvgIpc) is 3.16. The lowest BCUT2D eigenvalue weighted by Gasteiger charge is -2.42. The van der Waals surface area contributed by atoms with Crippen LogP contribution in [0.25, 0.3) is 0 Å². The SMILES string of the molecule is COc1ccc([C@H]2C3=CC[C@@H]4C(=O)N(c5ccc(Cl)cc5)C(=O)[C@@H]4[C@@H]3CC3=C2C(=O)C=C(Br)C3=O)c(O)c1. The Bertz CT molecular complexity index is 1540. The van der Waals surface area contributed by atoms with Crippen LogP contribution in [-0.2, 0) is 19.2 Å². The quantitative estimate of drug-likeness (QED) is 0.304. The molecular weight excluding hydrogens is 574 g/mol. The van der Waals surface area contributed by atoms with Crippen molar-refractivity contribution in [2.75, 3.05) is 12.0 Å². The van der Waals surface area contributed by atoms with Gasteiger partial charge in [-0.2, -0.15) is 0 Å². The molecule has 0 radical (unpaired) electrons. The van der Waals surface area contributed by atoms with Gasteiger partial charge in [0.05, 0.1) is 29.1 Å². The zero-order valence-electron chi connectivity index (χ0n) is 20.1. The Hall–Kier alpha value is -3.49. The molecule has 4 atom stereocenters. The average molecular weight is 595 g/mol. The minimum atomic E-state index is -0.739. The molecule has 0 spiro atoms. The fourth-order valence-corrected chi connectivity index (χ4v) is 6.87. The van der Waals surface area contributed by atoms with Crippen LogP contribution in [0, 0.1) is 17.8 Å². The van der Waals surface area contributed by atoms with Crippen LogP contribution in [-0.4, -0.2) is 35.6 Å². The number of hydrogen-bond acceptors (Lipinski definition) is 6. The van der Waals surface area contributed by atoms with E-state index in [4.69, 9.17) is 16.3 Å². The lowest BCUT2D eigenvalue weighted by atomic mass is 9.59. The maximum absolute atomic E-state index is 13.8. The molecule has 1 N–H and O–H groups in total. The summed E-state index contributed by atoms with van der Waals surface area (Å²) < 4.78 is 5.38. The van der Waals surface area contributed by atoms with Gasteiger partial charge in [0.2, 0.25) is 11.8 Å². The smallest absolute Gasteiger partial charge is 0.238 e. The first kappa shape index (κ1) is 24.8. The van der Waals surface area contributed by atoms with E-state index in [1.165, 1.54) is 24.2 Å². The van der Waals surface area contributed by atoms with Crippen molar-refractivity contribution < 1.29 is 29.0 Å². The van der Waals surface area contributed by atoms with Crippen LogP contribution in [0.15, 0.2) is 75.8 Å². The highest BCUT2D eigenvalue weighted by molar-refractivity contribution is 9.12. The molecule has 9 heteroatoms. The van der Waals surface area contributed by atoms with Crippen LogP contribution >= 0.6 is 27.5 Å². The number of allylic oxidation sites excluding steroid dienone is 6. The molecule has 2 aromatic rings. The molecular formula is C29H21BrClNO6. The van der Waals surface area contributed by atoms with Gasteiger partial charge in [-0.05, 0) is 65.0 Å². The normalized spacial score (nSPS) is 26.6. The third-order valence-electron chi connectivity index (χ3n) is 7.96. The minimum absolute atomic E-state index is 0.0876. The molecule has 2 amide bonds. The van der Waals surface area contributed by atoms with Gasteiger partial charge in [-0.25, -0.2) is 0 Å². The summed E-state index contributed by atoms with van der Waals surface area (Å²) in [5, 5.41) is 11.5. The molecule has 2 aromatic carbocycles. The number of carbonyl (C=O) groups excluding carboxylic acids is 4. The molecule has 4 aliphatic rings. The molecule has 1 saturated heterocycles. The van der Waals surface area contributed by atoms with Crippen molar-refractivity contribution in [3.63, 3.8) is 0 Å². The summed E-state index contributed by atoms with van der Waals surface area (Å²) >= 11 is 9.23. The lowest BCUT2D eigenvalue weighted by molar-refractivity contribution is -0.123. The fourth-order valence-electron chi connectivity index (χ4n) is 6.30. The summed E-state index contributed by atoms with van der Waals surface area (Å²) in [5.74, 6) is -3.48. The summed E-state index contributed by atoms with van der Waals surface area (Å²) in [6.07, 6.45) is 3.62. The zero-order valence-corrected chi connectivity index (χ0v) is 22.5. The number of phenolic OH excluding ortho intramolecular Hbond substituents is 1. The van der Waals surface area contributed by atoms with Gasteiger partial charge in [-0.15, -0.1) is 0 Å². The van der Waals surface area contributed by atoms with E-state index in [0.29, 0.717) is 39.6 Å². The lowest BCUT2D eigenvalue weighted by Crippen LogP contribution is -2.39. The third kappa shape index (κ3) is 3.61. The van der Waals surface area contributed by atoms with Crippen molar-refractivity contribution >= 4 is 56.6 Å². The Labute approximate surface area is 231 Å². The van der Waals surface area contributed by atoms with E-state index in [9.17, 15) is 24.3 Å². The van der Waals surface area contributed by atoms with Gasteiger partial charge < -0.3 is 9.84 Å². The Morgan fingerprint density at radius 2 is 1.76 bits per heavy atom. The number of halogens is 2. The Balaban J connectivity index is 1.49. The van der Waals surface area contributed by atoms with E-state index in [2.05, 4.69) is 15.9 Å². The highest BCUT2D eigenvalue weighted by Gasteiger charge is 2.56. The summed E-state index contributed by atoms with van der Waals surface area (Å²) in [4.78, 5) is 55.1. The van der Waals surface area contributed by atoms with E-state index in [1.54, 1.807) is 36.4 Å². The van der Waals surface area contributed by atoms with Crippen molar-refractivity contribution in [3.05, 3.63) is 86.4 Å². The van der Waals surface area contributed by atoms with Crippen LogP contribution in [0.1, 0.15) is 24.3 Å². The first-order valence-electron chi connectivity index (χ1n) is 12.1. The highest BCUT2D eigenvalue weighted by Crippen LogP contribution is 2.56. The van der Waals surface area contributed by atoms with E-state index in [-0.39, 0.29) is 40.0 Å². The molecule has 0 bridgehead atoms. The predicted molar refractivity (Wildman–Crippen MR) is 143 cm³/mol. The Morgan fingerprint density at radius 3 is 2.45 bits per heavy atom. The van der Waals surface area contributed by atoms with Crippen LogP contribution in [0.3, 0.4) is 0 Å². The van der Waals surface area contributed by atoms with Gasteiger partial charge in [0.25, 0.3) is 0 Å². The number of methoxy groups -OCH3 is 1. The monoisotopic (exact) mass is 593 g/mol. The molecule has 0 aromatic heterocycles. The molecule has 6 rings (SSSR count). The summed E-state index contributed by atoms with van der Waals surface area (Å²) in [5.41, 5.74) is 2.24. The standard InChI is InChI=1S/C29H21BrClNO6/c1-38-15-6-7-17(22(33)10-15)24-16-8-9-18-25(19(16)11-20-26(24)23(34)12-21(30)27(20)35)29(37)32(28(18)36)14-4-2-13(31)3-5-14/h2-8,10,12,18-19,24-25,33H,9,11H2,1H3/t18-,19+,24+,25-/m0/s1. The fraction of sp³-hybridized carbons (Fsp3) is 0.241. The second kappa shape index (κ2) is 9.06. The summed E-state index contributed by atoms with van der Waals surface area (Å²) in [6, 6.07) is 11.3. The highest BCUT2D eigenvalue weighted by atomic mass is 79.9. The van der Waals surface area contributed by atoms with Gasteiger partial charge in [-0.3, -0.25) is 24.1 Å². The number of benzene rings is 2. The van der Waals surface area contributed by atoms with Gasteiger partial charge in [0.15, 0.2) is 11.6 Å². The largest absolute Gasteiger partial charge is 0.507 e. The Morgan fingerprint density at radius 1 is 1.03 bits per heavy atom. The van der Waals surface area contributed by atoms with Crippen molar-refractivity contribution in [3.8, 4) is 11.5 Å². The zero-order chi connectivity index (χ0) is 26.9. The number of Topliss-reactive ketones (excluding diaryl/α,β-unsaturated/α-hetero) is 1. The van der Waals surface area contributed by atoms with Gasteiger partial charge in [-0.1, -0.05) is 29.3 Å². The number of hydrogen-bond donors (Lipinski definition) is 1. The molecule has 192 valence electrons. The number of ketones is 2. The van der Waals surface area contributed by atoms with E-state index in [1.807, 2.05) is 6.08 Å². The first-order valence-corrected chi connectivity index (χ1v) is 13.3. The van der Waals surface area contributed by atoms with Crippen LogP contribution in [0.5, 0.6) is 11.5 Å². The number of phenols is 1. The number of rotatable bonds is 3. The van der Waals surface area contributed by atoms with Crippen molar-refractivity contribution in [2.24, 2.45) is 17.8 Å². The van der Waals surface area contributed by atoms with E-state index in [0.717, 1.165) is 5.57 Å². The number of nitrogens with zero attached hydrogens (tertiary/aromatic N) is 1. The van der Waals surface area contributed by atoms with Crippen molar-refractivity contribution in [1.82, 2.24) is 0 Å². The third-order valence-corrected chi connectivity index (χ3v) is 8.81. The van der Waals surface area contributed by atoms with Gasteiger partial charge in [0, 0.05) is 39.8 Å². The molecule has 0 saturated carbocycles. The predicted octanol–water partition coefficient (Wildman–Crippen LogP) is 5.02. The van der Waals surface area contributed by atoms with Crippen molar-refractivity contribution in [2.45, 2.75) is 18.8 Å². The Kier molecular flexibility index (Phi) is 5.92. The topological polar surface area (TPSA) is 101 Å². The molecule has 1 aliphatic heterocycles. The van der Waals surface area contributed by atoms with E-state index < -0.39 is 23.7 Å². The number of fused-ring (bicyclic) bond motifs is 3. The van der Waals surface area contributed by atoms with Crippen molar-refractivity contribution in [1.29, 1.82) is 0 Å². The summed E-state index contributed by atoms with van der Waals surface area (Å²) in [6.45, 7) is 0. The first-order chi connectivity index (χ1) is 18.2. The molecule has 38 heavy (non-hydrogen) atoms. The number of anilines is 1. The number of ether oxygens (including phenoxy) is 1. The maximum atomic E-state index is 13.8. The minimum Gasteiger partial charge on any atom is -0.507 e. The van der Waals surface area contributed by atoms with Gasteiger partial charge >= 0.3 is 0 Å². The molecule has 3 aliphatic carbocycles. The van der Waals surface area contributed by atoms with Crippen LogP contribution < -0.4 is 9.64 Å².